The molecule has 0 aliphatic rings. The van der Waals surface area contributed by atoms with Gasteiger partial charge >= 0.3 is 6.18 Å². The second kappa shape index (κ2) is 7.82. The monoisotopic (exact) mass is 406 g/mol. The number of hydrogen-bond acceptors (Lipinski definition) is 2. The van der Waals surface area contributed by atoms with Crippen molar-refractivity contribution in [3.63, 3.8) is 0 Å². The Morgan fingerprint density at radius 3 is 2.43 bits per heavy atom. The van der Waals surface area contributed by atoms with Crippen LogP contribution in [-0.2, 0) is 19.0 Å². The summed E-state index contributed by atoms with van der Waals surface area (Å²) in [6.45, 7) is 2.07. The number of alkyl halides is 3. The minimum absolute atomic E-state index is 0.415. The van der Waals surface area contributed by atoms with E-state index in [2.05, 4.69) is 30.1 Å². The number of fused-ring (bicyclic) bond motifs is 1. The number of pyridine rings is 1. The Hall–Kier alpha value is -3.34. The van der Waals surface area contributed by atoms with Crippen LogP contribution in [0.15, 0.2) is 72.8 Å². The highest BCUT2D eigenvalue weighted by molar-refractivity contribution is 5.87. The molecule has 0 unspecified atom stereocenters. The average Bonchev–Trinajstić information content (AvgIpc) is 2.72. The van der Waals surface area contributed by atoms with Crippen molar-refractivity contribution in [2.75, 3.05) is 5.73 Å². The van der Waals surface area contributed by atoms with Gasteiger partial charge in [0.15, 0.2) is 0 Å². The molecule has 0 amide bonds. The summed E-state index contributed by atoms with van der Waals surface area (Å²) in [4.78, 5) is 4.50. The molecule has 4 aromatic rings. The quantitative estimate of drug-likeness (QED) is 0.415. The lowest BCUT2D eigenvalue weighted by Gasteiger charge is -2.11. The predicted octanol–water partition coefficient (Wildman–Crippen LogP) is 6.60. The molecule has 0 saturated carbocycles. The minimum Gasteiger partial charge on any atom is -0.383 e. The van der Waals surface area contributed by atoms with Crippen molar-refractivity contribution < 1.29 is 13.2 Å². The fourth-order valence-electron chi connectivity index (χ4n) is 3.68. The zero-order valence-corrected chi connectivity index (χ0v) is 16.5. The van der Waals surface area contributed by atoms with Crippen molar-refractivity contribution in [2.45, 2.75) is 25.9 Å². The number of aromatic nitrogens is 1. The molecule has 0 saturated heterocycles. The van der Waals surface area contributed by atoms with Gasteiger partial charge in [-0.15, -0.1) is 0 Å². The predicted molar refractivity (Wildman–Crippen MR) is 115 cm³/mol. The van der Waals surface area contributed by atoms with Gasteiger partial charge in [-0.25, -0.2) is 4.98 Å². The Kier molecular flexibility index (Phi) is 5.20. The lowest BCUT2D eigenvalue weighted by Crippen LogP contribution is -2.06. The van der Waals surface area contributed by atoms with Crippen LogP contribution < -0.4 is 5.73 Å². The van der Waals surface area contributed by atoms with Crippen molar-refractivity contribution in [3.8, 4) is 11.1 Å². The first-order valence-electron chi connectivity index (χ1n) is 9.72. The molecular formula is C25H21F3N2. The Morgan fingerprint density at radius 2 is 1.67 bits per heavy atom. The number of rotatable bonds is 4. The van der Waals surface area contributed by atoms with Gasteiger partial charge in [-0.3, -0.25) is 0 Å². The number of nitrogens with zero attached hydrogens (tertiary/aromatic N) is 1. The molecule has 0 atom stereocenters. The maximum atomic E-state index is 12.9. The number of benzene rings is 3. The van der Waals surface area contributed by atoms with Crippen molar-refractivity contribution >= 4 is 16.7 Å². The van der Waals surface area contributed by atoms with Crippen LogP contribution in [0.3, 0.4) is 0 Å². The third-order valence-electron chi connectivity index (χ3n) is 5.32. The molecular weight excluding hydrogens is 385 g/mol. The van der Waals surface area contributed by atoms with E-state index in [1.807, 2.05) is 30.3 Å². The molecule has 0 aliphatic heterocycles. The number of anilines is 1. The summed E-state index contributed by atoms with van der Waals surface area (Å²) in [5.74, 6) is 0.415. The third-order valence-corrected chi connectivity index (χ3v) is 5.32. The zero-order chi connectivity index (χ0) is 21.3. The van der Waals surface area contributed by atoms with Crippen LogP contribution in [-0.4, -0.2) is 4.98 Å². The van der Waals surface area contributed by atoms with Crippen LogP contribution in [0, 0.1) is 6.92 Å². The summed E-state index contributed by atoms with van der Waals surface area (Å²) in [6.07, 6.45) is -3.37. The van der Waals surface area contributed by atoms with Crippen LogP contribution in [0.1, 0.15) is 22.3 Å². The summed E-state index contributed by atoms with van der Waals surface area (Å²) >= 11 is 0. The molecule has 0 spiro atoms. The Morgan fingerprint density at radius 1 is 0.867 bits per heavy atom. The van der Waals surface area contributed by atoms with Gasteiger partial charge in [-0.05, 0) is 71.8 Å². The van der Waals surface area contributed by atoms with Gasteiger partial charge in [0.05, 0.1) is 11.1 Å². The minimum atomic E-state index is -4.34. The summed E-state index contributed by atoms with van der Waals surface area (Å²) in [5.41, 5.74) is 11.2. The van der Waals surface area contributed by atoms with Gasteiger partial charge in [0.1, 0.15) is 5.82 Å². The standard InChI is InChI=1S/C25H21F3N2/c1-16-5-2-3-8-22(16)18-11-12-23-20(14-18)15-19(24(29)30-23)10-9-17-6-4-7-21(13-17)25(26,27)28/h2-8,11-15H,9-10H2,1H3,(H2,29,30). The molecule has 3 aromatic carbocycles. The molecule has 152 valence electrons. The molecule has 2 nitrogen and oxygen atoms in total. The molecule has 1 aromatic heterocycles. The third kappa shape index (κ3) is 4.15. The van der Waals surface area contributed by atoms with Gasteiger partial charge in [-0.1, -0.05) is 48.5 Å². The van der Waals surface area contributed by atoms with Crippen molar-refractivity contribution in [2.24, 2.45) is 0 Å². The molecule has 0 bridgehead atoms. The van der Waals surface area contributed by atoms with E-state index in [1.165, 1.54) is 17.7 Å². The van der Waals surface area contributed by atoms with Crippen LogP contribution >= 0.6 is 0 Å². The van der Waals surface area contributed by atoms with E-state index in [9.17, 15) is 13.2 Å². The maximum Gasteiger partial charge on any atom is 0.416 e. The highest BCUT2D eigenvalue weighted by atomic mass is 19.4. The van der Waals surface area contributed by atoms with E-state index in [0.717, 1.165) is 33.7 Å². The van der Waals surface area contributed by atoms with E-state index in [0.29, 0.717) is 24.2 Å². The number of nitrogen functional groups attached to an aromatic ring is 1. The van der Waals surface area contributed by atoms with Crippen LogP contribution in [0.5, 0.6) is 0 Å². The molecule has 0 fully saturated rings. The van der Waals surface area contributed by atoms with Gasteiger partial charge < -0.3 is 5.73 Å². The van der Waals surface area contributed by atoms with Crippen molar-refractivity contribution in [1.29, 1.82) is 0 Å². The highest BCUT2D eigenvalue weighted by Gasteiger charge is 2.30. The fraction of sp³-hybridized carbons (Fsp3) is 0.160. The molecule has 1 heterocycles. The summed E-state index contributed by atoms with van der Waals surface area (Å²) < 4.78 is 38.8. The van der Waals surface area contributed by atoms with Gasteiger partial charge in [-0.2, -0.15) is 13.2 Å². The number of halogens is 3. The summed E-state index contributed by atoms with van der Waals surface area (Å²) in [5, 5.41) is 0.962. The number of nitrogens with two attached hydrogens (primary N) is 1. The Bertz CT molecular complexity index is 1210. The smallest absolute Gasteiger partial charge is 0.383 e. The molecule has 5 heteroatoms. The van der Waals surface area contributed by atoms with E-state index in [1.54, 1.807) is 6.07 Å². The second-order valence-electron chi connectivity index (χ2n) is 7.45. The first-order valence-corrected chi connectivity index (χ1v) is 9.72. The highest BCUT2D eigenvalue weighted by Crippen LogP contribution is 2.31. The molecule has 0 aliphatic carbocycles. The van der Waals surface area contributed by atoms with Crippen LogP contribution in [0.4, 0.5) is 19.0 Å². The van der Waals surface area contributed by atoms with Gasteiger partial charge in [0, 0.05) is 5.39 Å². The number of hydrogen-bond donors (Lipinski definition) is 1. The Labute approximate surface area is 173 Å². The zero-order valence-electron chi connectivity index (χ0n) is 16.5. The average molecular weight is 406 g/mol. The molecule has 2 N–H and O–H groups in total. The normalized spacial score (nSPS) is 11.7. The van der Waals surface area contributed by atoms with Crippen LogP contribution in [0.2, 0.25) is 0 Å². The van der Waals surface area contributed by atoms with Gasteiger partial charge in [0.25, 0.3) is 0 Å². The van der Waals surface area contributed by atoms with E-state index >= 15 is 0 Å². The summed E-state index contributed by atoms with van der Waals surface area (Å²) in [6, 6.07) is 21.6. The van der Waals surface area contributed by atoms with Crippen molar-refractivity contribution in [1.82, 2.24) is 4.98 Å². The van der Waals surface area contributed by atoms with E-state index < -0.39 is 11.7 Å². The second-order valence-corrected chi connectivity index (χ2v) is 7.45. The van der Waals surface area contributed by atoms with Crippen LogP contribution in [0.25, 0.3) is 22.0 Å². The molecule has 4 rings (SSSR count). The maximum absolute atomic E-state index is 12.9. The number of aryl methyl sites for hydroxylation is 3. The van der Waals surface area contributed by atoms with Crippen molar-refractivity contribution in [3.05, 3.63) is 95.1 Å². The molecule has 30 heavy (non-hydrogen) atoms. The molecule has 0 radical (unpaired) electrons. The summed E-state index contributed by atoms with van der Waals surface area (Å²) in [7, 11) is 0. The first-order chi connectivity index (χ1) is 14.3. The van der Waals surface area contributed by atoms with E-state index in [-0.39, 0.29) is 0 Å². The SMILES string of the molecule is Cc1ccccc1-c1ccc2nc(N)c(CCc3cccc(C(F)(F)F)c3)cc2c1. The Balaban J connectivity index is 1.63. The first kappa shape index (κ1) is 20.0. The lowest BCUT2D eigenvalue weighted by molar-refractivity contribution is -0.137. The largest absolute Gasteiger partial charge is 0.416 e. The topological polar surface area (TPSA) is 38.9 Å². The van der Waals surface area contributed by atoms with E-state index in [4.69, 9.17) is 5.73 Å². The van der Waals surface area contributed by atoms with Gasteiger partial charge in [0.2, 0.25) is 0 Å². The fourth-order valence-corrected chi connectivity index (χ4v) is 3.68. The lowest BCUT2D eigenvalue weighted by atomic mass is 9.97.